The molecule has 2 saturated heterocycles. The van der Waals surface area contributed by atoms with Crippen LogP contribution in [0.4, 0.5) is 0 Å². The fraction of sp³-hybridized carbons (Fsp3) is 0.900. The van der Waals surface area contributed by atoms with Gasteiger partial charge in [-0.15, -0.1) is 12.4 Å². The minimum Gasteiger partial charge on any atom is -0.342 e. The van der Waals surface area contributed by atoms with E-state index in [9.17, 15) is 4.79 Å². The molecule has 14 heavy (non-hydrogen) atoms. The maximum Gasteiger partial charge on any atom is 0.225 e. The van der Waals surface area contributed by atoms with Crippen LogP contribution in [0.25, 0.3) is 0 Å². The highest BCUT2D eigenvalue weighted by molar-refractivity contribution is 5.85. The number of likely N-dealkylation sites (tertiary alicyclic amines) is 1. The number of fused-ring (bicyclic) bond motifs is 1. The number of carbonyl (C=O) groups excluding carboxylic acids is 1. The van der Waals surface area contributed by atoms with Gasteiger partial charge in [-0.25, -0.2) is 0 Å². The minimum atomic E-state index is 0. The predicted octanol–water partition coefficient (Wildman–Crippen LogP) is 0.496. The van der Waals surface area contributed by atoms with Crippen molar-refractivity contribution < 1.29 is 4.79 Å². The van der Waals surface area contributed by atoms with Crippen molar-refractivity contribution in [3.63, 3.8) is 0 Å². The summed E-state index contributed by atoms with van der Waals surface area (Å²) in [5.74, 6) is 2.35. The van der Waals surface area contributed by atoms with E-state index in [1.165, 1.54) is 0 Å². The Morgan fingerprint density at radius 3 is 2.21 bits per heavy atom. The Morgan fingerprint density at radius 2 is 1.71 bits per heavy atom. The summed E-state index contributed by atoms with van der Waals surface area (Å²) in [5, 5.41) is 3.39. The Balaban J connectivity index is 0.000000750. The second kappa shape index (κ2) is 3.70. The number of amides is 1. The van der Waals surface area contributed by atoms with Gasteiger partial charge in [0.25, 0.3) is 0 Å². The normalized spacial score (nSPS) is 35.3. The average Bonchev–Trinajstić information content (AvgIpc) is 2.73. The number of nitrogens with one attached hydrogen (secondary N) is 1. The molecule has 4 heteroatoms. The van der Waals surface area contributed by atoms with E-state index in [2.05, 4.69) is 10.2 Å². The van der Waals surface area contributed by atoms with Gasteiger partial charge < -0.3 is 10.2 Å². The molecule has 80 valence electrons. The van der Waals surface area contributed by atoms with Gasteiger partial charge in [0.15, 0.2) is 0 Å². The summed E-state index contributed by atoms with van der Waals surface area (Å²) < 4.78 is 0. The maximum atomic E-state index is 11.7. The van der Waals surface area contributed by atoms with Crippen LogP contribution in [-0.2, 0) is 4.79 Å². The summed E-state index contributed by atoms with van der Waals surface area (Å²) in [6.45, 7) is 4.29. The lowest BCUT2D eigenvalue weighted by Crippen LogP contribution is -2.32. The zero-order valence-corrected chi connectivity index (χ0v) is 9.05. The molecule has 3 rings (SSSR count). The van der Waals surface area contributed by atoms with Crippen LogP contribution in [0.3, 0.4) is 0 Å². The van der Waals surface area contributed by atoms with Crippen LogP contribution in [0.1, 0.15) is 12.8 Å². The van der Waals surface area contributed by atoms with E-state index < -0.39 is 0 Å². The molecule has 1 amide bonds. The molecule has 0 spiro atoms. The van der Waals surface area contributed by atoms with E-state index >= 15 is 0 Å². The monoisotopic (exact) mass is 216 g/mol. The smallest absolute Gasteiger partial charge is 0.225 e. The number of rotatable bonds is 1. The van der Waals surface area contributed by atoms with Crippen LogP contribution in [-0.4, -0.2) is 37.0 Å². The summed E-state index contributed by atoms with van der Waals surface area (Å²) in [4.78, 5) is 13.8. The molecule has 2 aliphatic heterocycles. The quantitative estimate of drug-likeness (QED) is 0.692. The summed E-state index contributed by atoms with van der Waals surface area (Å²) in [5.41, 5.74) is 0. The summed E-state index contributed by atoms with van der Waals surface area (Å²) in [6.07, 6.45) is 2.28. The van der Waals surface area contributed by atoms with Crippen LogP contribution in [0, 0.1) is 17.8 Å². The third-order valence-corrected chi connectivity index (χ3v) is 3.63. The van der Waals surface area contributed by atoms with Crippen LogP contribution in [0.15, 0.2) is 0 Å². The highest BCUT2D eigenvalue weighted by Crippen LogP contribution is 2.34. The van der Waals surface area contributed by atoms with Crippen molar-refractivity contribution in [1.29, 1.82) is 0 Å². The van der Waals surface area contributed by atoms with E-state index in [0.717, 1.165) is 50.9 Å². The SMILES string of the molecule is Cl.O=C(C1CC1)N1CC2CNCC2C1. The molecule has 1 saturated carbocycles. The van der Waals surface area contributed by atoms with Gasteiger partial charge in [0.1, 0.15) is 0 Å². The summed E-state index contributed by atoms with van der Waals surface area (Å²) in [6, 6.07) is 0. The molecular weight excluding hydrogens is 200 g/mol. The highest BCUT2D eigenvalue weighted by atomic mass is 35.5. The second-order valence-electron chi connectivity index (χ2n) is 4.70. The van der Waals surface area contributed by atoms with Gasteiger partial charge in [0.05, 0.1) is 0 Å². The van der Waals surface area contributed by atoms with Gasteiger partial charge >= 0.3 is 0 Å². The van der Waals surface area contributed by atoms with Crippen LogP contribution in [0.2, 0.25) is 0 Å². The summed E-state index contributed by atoms with van der Waals surface area (Å²) in [7, 11) is 0. The zero-order chi connectivity index (χ0) is 8.84. The molecule has 0 aromatic carbocycles. The molecule has 3 aliphatic rings. The van der Waals surface area contributed by atoms with E-state index in [1.54, 1.807) is 0 Å². The number of nitrogens with zero attached hydrogens (tertiary/aromatic N) is 1. The standard InChI is InChI=1S/C10H16N2O.ClH/c13-10(7-1-2-7)12-5-8-3-11-4-9(8)6-12;/h7-9,11H,1-6H2;1H. The largest absolute Gasteiger partial charge is 0.342 e. The lowest BCUT2D eigenvalue weighted by Gasteiger charge is -2.16. The lowest BCUT2D eigenvalue weighted by atomic mass is 10.0. The molecule has 2 unspecified atom stereocenters. The maximum absolute atomic E-state index is 11.7. The first-order valence-electron chi connectivity index (χ1n) is 5.34. The van der Waals surface area contributed by atoms with Crippen molar-refractivity contribution >= 4 is 18.3 Å². The number of hydrogen-bond acceptors (Lipinski definition) is 2. The number of hydrogen-bond donors (Lipinski definition) is 1. The van der Waals surface area contributed by atoms with Gasteiger partial charge in [-0.3, -0.25) is 4.79 Å². The van der Waals surface area contributed by atoms with E-state index in [0.29, 0.717) is 11.8 Å². The van der Waals surface area contributed by atoms with E-state index in [1.807, 2.05) is 0 Å². The van der Waals surface area contributed by atoms with Crippen LogP contribution in [0.5, 0.6) is 0 Å². The third-order valence-electron chi connectivity index (χ3n) is 3.63. The van der Waals surface area contributed by atoms with Crippen molar-refractivity contribution in [3.05, 3.63) is 0 Å². The Morgan fingerprint density at radius 1 is 1.14 bits per heavy atom. The van der Waals surface area contributed by atoms with Crippen LogP contribution >= 0.6 is 12.4 Å². The van der Waals surface area contributed by atoms with Gasteiger partial charge in [-0.2, -0.15) is 0 Å². The molecule has 1 aliphatic carbocycles. The Hall–Kier alpha value is -0.280. The fourth-order valence-corrected chi connectivity index (χ4v) is 2.62. The average molecular weight is 217 g/mol. The Kier molecular flexibility index (Phi) is 2.71. The molecule has 2 heterocycles. The molecular formula is C10H17ClN2O. The fourth-order valence-electron chi connectivity index (χ4n) is 2.62. The lowest BCUT2D eigenvalue weighted by molar-refractivity contribution is -0.131. The van der Waals surface area contributed by atoms with Gasteiger partial charge in [0.2, 0.25) is 5.91 Å². The predicted molar refractivity (Wildman–Crippen MR) is 56.4 cm³/mol. The van der Waals surface area contributed by atoms with E-state index in [4.69, 9.17) is 0 Å². The molecule has 0 aromatic heterocycles. The Labute approximate surface area is 90.6 Å². The number of carbonyl (C=O) groups is 1. The van der Waals surface area contributed by atoms with Crippen molar-refractivity contribution in [3.8, 4) is 0 Å². The van der Waals surface area contributed by atoms with E-state index in [-0.39, 0.29) is 12.4 Å². The van der Waals surface area contributed by atoms with Crippen molar-refractivity contribution in [1.82, 2.24) is 10.2 Å². The number of halogens is 1. The van der Waals surface area contributed by atoms with Crippen molar-refractivity contribution in [2.75, 3.05) is 26.2 Å². The molecule has 1 N–H and O–H groups in total. The first-order valence-corrected chi connectivity index (χ1v) is 5.34. The molecule has 3 nitrogen and oxygen atoms in total. The molecule has 0 radical (unpaired) electrons. The van der Waals surface area contributed by atoms with Gasteiger partial charge in [-0.1, -0.05) is 0 Å². The minimum absolute atomic E-state index is 0. The van der Waals surface area contributed by atoms with Crippen LogP contribution < -0.4 is 5.32 Å². The van der Waals surface area contributed by atoms with Gasteiger partial charge in [0, 0.05) is 32.1 Å². The second-order valence-corrected chi connectivity index (χ2v) is 4.70. The molecule has 0 bridgehead atoms. The molecule has 3 fully saturated rings. The highest BCUT2D eigenvalue weighted by Gasteiger charge is 2.42. The first-order chi connectivity index (χ1) is 6.34. The molecule has 2 atom stereocenters. The van der Waals surface area contributed by atoms with Gasteiger partial charge in [-0.05, 0) is 24.7 Å². The van der Waals surface area contributed by atoms with Crippen molar-refractivity contribution in [2.45, 2.75) is 12.8 Å². The zero-order valence-electron chi connectivity index (χ0n) is 8.24. The topological polar surface area (TPSA) is 32.3 Å². The first kappa shape index (κ1) is 10.2. The Bertz CT molecular complexity index is 230. The summed E-state index contributed by atoms with van der Waals surface area (Å²) >= 11 is 0. The molecule has 0 aromatic rings. The van der Waals surface area contributed by atoms with Crippen molar-refractivity contribution in [2.24, 2.45) is 17.8 Å². The third kappa shape index (κ3) is 1.63.